The topological polar surface area (TPSA) is 64.0 Å². The Kier molecular flexibility index (Phi) is 4.52. The SMILES string of the molecule is O=C(NC1CCCC1)c1ccc(Cn2cnc3ccccc3c2=O)cc1. The molecule has 4 rings (SSSR count). The number of para-hydroxylation sites is 1. The van der Waals surface area contributed by atoms with Gasteiger partial charge in [0.1, 0.15) is 0 Å². The number of benzene rings is 2. The number of nitrogens with one attached hydrogen (secondary N) is 1. The first-order valence-corrected chi connectivity index (χ1v) is 9.05. The molecule has 0 spiro atoms. The average molecular weight is 347 g/mol. The Bertz CT molecular complexity index is 986. The number of amides is 1. The lowest BCUT2D eigenvalue weighted by Gasteiger charge is -2.12. The highest BCUT2D eigenvalue weighted by molar-refractivity contribution is 5.94. The van der Waals surface area contributed by atoms with Crippen molar-refractivity contribution in [1.82, 2.24) is 14.9 Å². The summed E-state index contributed by atoms with van der Waals surface area (Å²) in [6, 6.07) is 15.1. The van der Waals surface area contributed by atoms with Crippen LogP contribution in [0.2, 0.25) is 0 Å². The maximum absolute atomic E-state index is 12.6. The fourth-order valence-corrected chi connectivity index (χ4v) is 3.52. The van der Waals surface area contributed by atoms with Gasteiger partial charge in [0, 0.05) is 11.6 Å². The minimum Gasteiger partial charge on any atom is -0.349 e. The van der Waals surface area contributed by atoms with Crippen molar-refractivity contribution < 1.29 is 4.79 Å². The molecule has 2 aromatic carbocycles. The Hall–Kier alpha value is -2.95. The zero-order chi connectivity index (χ0) is 17.9. The number of nitrogens with zero attached hydrogens (tertiary/aromatic N) is 2. The predicted octanol–water partition coefficient (Wildman–Crippen LogP) is 3.12. The van der Waals surface area contributed by atoms with Crippen LogP contribution >= 0.6 is 0 Å². The molecule has 0 unspecified atom stereocenters. The molecule has 1 aliphatic carbocycles. The van der Waals surface area contributed by atoms with E-state index in [1.807, 2.05) is 42.5 Å². The minimum atomic E-state index is -0.0568. The van der Waals surface area contributed by atoms with Crippen molar-refractivity contribution in [2.24, 2.45) is 0 Å². The Morgan fingerprint density at radius 1 is 1.08 bits per heavy atom. The van der Waals surface area contributed by atoms with Gasteiger partial charge in [0.25, 0.3) is 11.5 Å². The van der Waals surface area contributed by atoms with Crippen LogP contribution in [0.4, 0.5) is 0 Å². The summed E-state index contributed by atoms with van der Waals surface area (Å²) in [7, 11) is 0. The number of hydrogen-bond acceptors (Lipinski definition) is 3. The van der Waals surface area contributed by atoms with Gasteiger partial charge < -0.3 is 5.32 Å². The Morgan fingerprint density at radius 2 is 1.81 bits per heavy atom. The van der Waals surface area contributed by atoms with Crippen LogP contribution in [0.1, 0.15) is 41.6 Å². The van der Waals surface area contributed by atoms with Crippen LogP contribution in [0.3, 0.4) is 0 Å². The van der Waals surface area contributed by atoms with E-state index in [2.05, 4.69) is 10.3 Å². The summed E-state index contributed by atoms with van der Waals surface area (Å²) in [6.07, 6.45) is 6.10. The molecule has 1 saturated carbocycles. The molecule has 5 heteroatoms. The standard InChI is InChI=1S/C21H21N3O2/c25-20(23-17-5-1-2-6-17)16-11-9-15(10-12-16)13-24-14-22-19-8-4-3-7-18(19)21(24)26/h3-4,7-12,14,17H,1-2,5-6,13H2,(H,23,25). The smallest absolute Gasteiger partial charge is 0.261 e. The summed E-state index contributed by atoms with van der Waals surface area (Å²) in [5.74, 6) is -0.0204. The van der Waals surface area contributed by atoms with Crippen LogP contribution in [-0.2, 0) is 6.54 Å². The molecule has 3 aromatic rings. The van der Waals surface area contributed by atoms with E-state index in [-0.39, 0.29) is 11.5 Å². The molecule has 0 bridgehead atoms. The first-order valence-electron chi connectivity index (χ1n) is 9.05. The summed E-state index contributed by atoms with van der Waals surface area (Å²) in [5.41, 5.74) is 2.26. The highest BCUT2D eigenvalue weighted by Gasteiger charge is 2.17. The van der Waals surface area contributed by atoms with Crippen LogP contribution in [0.5, 0.6) is 0 Å². The van der Waals surface area contributed by atoms with Crippen LogP contribution < -0.4 is 10.9 Å². The molecule has 1 fully saturated rings. The van der Waals surface area contributed by atoms with Crippen LogP contribution in [-0.4, -0.2) is 21.5 Å². The second-order valence-electron chi connectivity index (χ2n) is 6.85. The third-order valence-corrected chi connectivity index (χ3v) is 4.99. The Balaban J connectivity index is 1.50. The molecule has 1 amide bonds. The molecule has 0 saturated heterocycles. The predicted molar refractivity (Wildman–Crippen MR) is 101 cm³/mol. The van der Waals surface area contributed by atoms with Crippen molar-refractivity contribution in [3.63, 3.8) is 0 Å². The van der Waals surface area contributed by atoms with Gasteiger partial charge in [0.05, 0.1) is 23.8 Å². The number of hydrogen-bond donors (Lipinski definition) is 1. The van der Waals surface area contributed by atoms with Gasteiger partial charge in [-0.15, -0.1) is 0 Å². The molecule has 1 aromatic heterocycles. The van der Waals surface area contributed by atoms with Crippen molar-refractivity contribution in [3.8, 4) is 0 Å². The van der Waals surface area contributed by atoms with Gasteiger partial charge in [0.15, 0.2) is 0 Å². The minimum absolute atomic E-state index is 0.0204. The Morgan fingerprint density at radius 3 is 2.58 bits per heavy atom. The monoisotopic (exact) mass is 347 g/mol. The van der Waals surface area contributed by atoms with Gasteiger partial charge in [-0.2, -0.15) is 0 Å². The fourth-order valence-electron chi connectivity index (χ4n) is 3.52. The summed E-state index contributed by atoms with van der Waals surface area (Å²) in [6.45, 7) is 0.432. The van der Waals surface area contributed by atoms with Crippen LogP contribution in [0.15, 0.2) is 59.7 Å². The molecular formula is C21H21N3O2. The third kappa shape index (κ3) is 3.38. The molecule has 0 aliphatic heterocycles. The van der Waals surface area contributed by atoms with Gasteiger partial charge >= 0.3 is 0 Å². The van der Waals surface area contributed by atoms with Gasteiger partial charge in [-0.1, -0.05) is 37.1 Å². The van der Waals surface area contributed by atoms with E-state index < -0.39 is 0 Å². The quantitative estimate of drug-likeness (QED) is 0.789. The number of fused-ring (bicyclic) bond motifs is 1. The lowest BCUT2D eigenvalue weighted by atomic mass is 10.1. The second-order valence-corrected chi connectivity index (χ2v) is 6.85. The maximum Gasteiger partial charge on any atom is 0.261 e. The van der Waals surface area contributed by atoms with Crippen molar-refractivity contribution >= 4 is 16.8 Å². The summed E-state index contributed by atoms with van der Waals surface area (Å²) >= 11 is 0. The van der Waals surface area contributed by atoms with Crippen molar-refractivity contribution in [2.45, 2.75) is 38.3 Å². The molecule has 26 heavy (non-hydrogen) atoms. The lowest BCUT2D eigenvalue weighted by molar-refractivity contribution is 0.0938. The third-order valence-electron chi connectivity index (χ3n) is 4.99. The maximum atomic E-state index is 12.6. The van der Waals surface area contributed by atoms with Crippen LogP contribution in [0.25, 0.3) is 10.9 Å². The number of aromatic nitrogens is 2. The van der Waals surface area contributed by atoms with E-state index in [1.165, 1.54) is 12.8 Å². The first-order chi connectivity index (χ1) is 12.7. The van der Waals surface area contributed by atoms with Crippen LogP contribution in [0, 0.1) is 0 Å². The van der Waals surface area contributed by atoms with E-state index in [0.717, 1.165) is 18.4 Å². The van der Waals surface area contributed by atoms with E-state index in [4.69, 9.17) is 0 Å². The van der Waals surface area contributed by atoms with E-state index in [0.29, 0.717) is 29.1 Å². The number of carbonyl (C=O) groups excluding carboxylic acids is 1. The number of carbonyl (C=O) groups is 1. The lowest BCUT2D eigenvalue weighted by Crippen LogP contribution is -2.32. The zero-order valence-corrected chi connectivity index (χ0v) is 14.5. The molecule has 1 N–H and O–H groups in total. The average Bonchev–Trinajstić information content (AvgIpc) is 3.18. The van der Waals surface area contributed by atoms with Crippen molar-refractivity contribution in [1.29, 1.82) is 0 Å². The molecule has 1 heterocycles. The van der Waals surface area contributed by atoms with E-state index in [9.17, 15) is 9.59 Å². The van der Waals surface area contributed by atoms with Gasteiger partial charge in [-0.3, -0.25) is 14.2 Å². The summed E-state index contributed by atoms with van der Waals surface area (Å²) in [5, 5.41) is 3.70. The summed E-state index contributed by atoms with van der Waals surface area (Å²) in [4.78, 5) is 29.2. The molecule has 0 atom stereocenters. The molecule has 132 valence electrons. The van der Waals surface area contributed by atoms with E-state index >= 15 is 0 Å². The number of rotatable bonds is 4. The van der Waals surface area contributed by atoms with Crippen molar-refractivity contribution in [2.75, 3.05) is 0 Å². The van der Waals surface area contributed by atoms with Crippen molar-refractivity contribution in [3.05, 3.63) is 76.3 Å². The molecular weight excluding hydrogens is 326 g/mol. The summed E-state index contributed by atoms with van der Waals surface area (Å²) < 4.78 is 1.59. The molecule has 5 nitrogen and oxygen atoms in total. The van der Waals surface area contributed by atoms with Gasteiger partial charge in [-0.25, -0.2) is 4.98 Å². The first kappa shape index (κ1) is 16.5. The fraction of sp³-hybridized carbons (Fsp3) is 0.286. The van der Waals surface area contributed by atoms with Gasteiger partial charge in [-0.05, 0) is 42.7 Å². The highest BCUT2D eigenvalue weighted by atomic mass is 16.1. The normalized spacial score (nSPS) is 14.6. The molecule has 1 aliphatic rings. The Labute approximate surface area is 151 Å². The molecule has 0 radical (unpaired) electrons. The zero-order valence-electron chi connectivity index (χ0n) is 14.5. The van der Waals surface area contributed by atoms with Gasteiger partial charge in [0.2, 0.25) is 0 Å². The van der Waals surface area contributed by atoms with E-state index in [1.54, 1.807) is 17.0 Å². The largest absolute Gasteiger partial charge is 0.349 e. The second kappa shape index (κ2) is 7.12. The highest BCUT2D eigenvalue weighted by Crippen LogP contribution is 2.18.